The molecule has 4 rings (SSSR count). The van der Waals surface area contributed by atoms with Gasteiger partial charge in [-0.2, -0.15) is 10.3 Å². The van der Waals surface area contributed by atoms with Crippen molar-refractivity contribution in [3.63, 3.8) is 0 Å². The van der Waals surface area contributed by atoms with Crippen molar-refractivity contribution in [3.8, 4) is 0 Å². The molecule has 1 unspecified atom stereocenters. The molecule has 0 radical (unpaired) electrons. The third-order valence-corrected chi connectivity index (χ3v) is 4.59. The lowest BCUT2D eigenvalue weighted by Crippen LogP contribution is -3.27. The number of morpholine rings is 1. The minimum absolute atomic E-state index is 0.507. The van der Waals surface area contributed by atoms with E-state index in [9.17, 15) is 0 Å². The van der Waals surface area contributed by atoms with Crippen molar-refractivity contribution in [2.45, 2.75) is 0 Å². The van der Waals surface area contributed by atoms with Gasteiger partial charge in [0.1, 0.15) is 31.7 Å². The number of para-hydroxylation sites is 2. The van der Waals surface area contributed by atoms with Gasteiger partial charge in [-0.1, -0.05) is 12.1 Å². The quantitative estimate of drug-likeness (QED) is 0.394. The van der Waals surface area contributed by atoms with Crippen molar-refractivity contribution >= 4 is 23.1 Å². The second-order valence-electron chi connectivity index (χ2n) is 6.31. The SMILES string of the molecule is c1ccc2oc(NC3=[NH+]C[NH+](CC[NH+]4CCOCC4)CN3)nc2c1. The Morgan fingerprint density at radius 1 is 1.17 bits per heavy atom. The van der Waals surface area contributed by atoms with Gasteiger partial charge >= 0.3 is 12.0 Å². The number of ether oxygens (including phenoxy) is 1. The standard InChI is InChI=1S/C16H22N6O2/c1-2-4-14-13(3-1)19-16(24-14)20-15-17-11-22(12-18-15)6-5-21-7-9-23-10-8-21/h1-4H,5-12H2,(H2,17,18,19,20)/p+3. The Morgan fingerprint density at radius 2 is 2.00 bits per heavy atom. The van der Waals surface area contributed by atoms with Crippen molar-refractivity contribution in [2.75, 3.05) is 58.0 Å². The van der Waals surface area contributed by atoms with Crippen molar-refractivity contribution in [2.24, 2.45) is 0 Å². The number of rotatable bonds is 4. The summed E-state index contributed by atoms with van der Waals surface area (Å²) in [6, 6.07) is 8.26. The fourth-order valence-corrected chi connectivity index (χ4v) is 3.11. The molecule has 0 spiro atoms. The monoisotopic (exact) mass is 333 g/mol. The molecule has 3 heterocycles. The number of nitrogens with zero attached hydrogens (tertiary/aromatic N) is 1. The summed E-state index contributed by atoms with van der Waals surface area (Å²) in [6.45, 7) is 8.16. The lowest BCUT2D eigenvalue weighted by Gasteiger charge is -2.26. The van der Waals surface area contributed by atoms with Crippen molar-refractivity contribution in [1.29, 1.82) is 0 Å². The van der Waals surface area contributed by atoms with Crippen molar-refractivity contribution < 1.29 is 23.9 Å². The van der Waals surface area contributed by atoms with Gasteiger partial charge < -0.3 is 14.1 Å². The maximum Gasteiger partial charge on any atom is 0.365 e. The fraction of sp³-hybridized carbons (Fsp3) is 0.500. The number of oxazole rings is 1. The molecule has 2 aromatic rings. The van der Waals surface area contributed by atoms with E-state index in [2.05, 4.69) is 20.6 Å². The molecule has 0 amide bonds. The topological polar surface area (TPSA) is 82.2 Å². The molecular formula is C16H25N6O2+3. The van der Waals surface area contributed by atoms with Crippen LogP contribution in [-0.2, 0) is 4.74 Å². The first-order chi connectivity index (χ1) is 11.9. The predicted octanol–water partition coefficient (Wildman–Crippen LogP) is -4.01. The van der Waals surface area contributed by atoms with Gasteiger partial charge in [0.25, 0.3) is 0 Å². The molecular weight excluding hydrogens is 308 g/mol. The number of hydrogen-bond donors (Lipinski definition) is 5. The highest BCUT2D eigenvalue weighted by molar-refractivity contribution is 5.88. The summed E-state index contributed by atoms with van der Waals surface area (Å²) in [5.74, 6) is 0.851. The molecule has 2 aliphatic heterocycles. The fourth-order valence-electron chi connectivity index (χ4n) is 3.11. The number of aromatic nitrogens is 1. The number of hydrogen-bond acceptors (Lipinski definition) is 5. The lowest BCUT2D eigenvalue weighted by atomic mass is 10.3. The molecule has 8 heteroatoms. The molecule has 1 saturated heterocycles. The third-order valence-electron chi connectivity index (χ3n) is 4.59. The van der Waals surface area contributed by atoms with E-state index in [0.29, 0.717) is 6.01 Å². The van der Waals surface area contributed by atoms with Crippen LogP contribution >= 0.6 is 0 Å². The summed E-state index contributed by atoms with van der Waals surface area (Å²) >= 11 is 0. The number of nitrogens with one attached hydrogen (secondary N) is 5. The molecule has 24 heavy (non-hydrogen) atoms. The first-order valence-corrected chi connectivity index (χ1v) is 8.59. The largest absolute Gasteiger partial charge is 0.412 e. The Kier molecular flexibility index (Phi) is 4.59. The van der Waals surface area contributed by atoms with Gasteiger partial charge in [0, 0.05) is 0 Å². The van der Waals surface area contributed by atoms with E-state index in [0.717, 1.165) is 63.2 Å². The van der Waals surface area contributed by atoms with Gasteiger partial charge in [-0.3, -0.25) is 4.90 Å². The second-order valence-corrected chi connectivity index (χ2v) is 6.31. The van der Waals surface area contributed by atoms with Crippen LogP contribution in [0.5, 0.6) is 0 Å². The van der Waals surface area contributed by atoms with Gasteiger partial charge in [-0.15, -0.1) is 0 Å². The summed E-state index contributed by atoms with van der Waals surface area (Å²) in [5, 5.41) is 6.55. The molecule has 5 N–H and O–H groups in total. The zero-order chi connectivity index (χ0) is 16.2. The number of benzene rings is 1. The molecule has 1 fully saturated rings. The van der Waals surface area contributed by atoms with Gasteiger partial charge in [-0.25, -0.2) is 10.3 Å². The van der Waals surface area contributed by atoms with Crippen LogP contribution in [-0.4, -0.2) is 63.7 Å². The average molecular weight is 333 g/mol. The second kappa shape index (κ2) is 7.16. The van der Waals surface area contributed by atoms with E-state index in [1.165, 1.54) is 11.4 Å². The maximum absolute atomic E-state index is 5.68. The Balaban J connectivity index is 1.28. The summed E-state index contributed by atoms with van der Waals surface area (Å²) in [6.07, 6.45) is 0. The van der Waals surface area contributed by atoms with Crippen LogP contribution in [0.1, 0.15) is 0 Å². The Hall–Kier alpha value is -2.16. The highest BCUT2D eigenvalue weighted by atomic mass is 16.5. The number of anilines is 1. The molecule has 0 saturated carbocycles. The van der Waals surface area contributed by atoms with Crippen molar-refractivity contribution in [1.82, 2.24) is 10.3 Å². The Labute approximate surface area is 140 Å². The summed E-state index contributed by atoms with van der Waals surface area (Å²) in [5.41, 5.74) is 1.65. The summed E-state index contributed by atoms with van der Waals surface area (Å²) < 4.78 is 11.1. The molecule has 0 bridgehead atoms. The zero-order valence-electron chi connectivity index (χ0n) is 13.7. The van der Waals surface area contributed by atoms with Crippen LogP contribution in [0.2, 0.25) is 0 Å². The van der Waals surface area contributed by atoms with E-state index >= 15 is 0 Å². The summed E-state index contributed by atoms with van der Waals surface area (Å²) in [4.78, 5) is 10.9. The van der Waals surface area contributed by atoms with Crippen LogP contribution in [0.4, 0.5) is 6.01 Å². The molecule has 0 aliphatic carbocycles. The number of fused-ring (bicyclic) bond motifs is 1. The van der Waals surface area contributed by atoms with E-state index in [4.69, 9.17) is 9.15 Å². The van der Waals surface area contributed by atoms with Crippen LogP contribution in [0, 0.1) is 0 Å². The van der Waals surface area contributed by atoms with Crippen LogP contribution in [0.3, 0.4) is 0 Å². The lowest BCUT2D eigenvalue weighted by molar-refractivity contribution is -1.01. The van der Waals surface area contributed by atoms with E-state index in [1.807, 2.05) is 24.3 Å². The average Bonchev–Trinajstić information content (AvgIpc) is 3.04. The van der Waals surface area contributed by atoms with Crippen LogP contribution < -0.4 is 25.4 Å². The first-order valence-electron chi connectivity index (χ1n) is 8.59. The zero-order valence-corrected chi connectivity index (χ0v) is 13.7. The summed E-state index contributed by atoms with van der Waals surface area (Å²) in [7, 11) is 0. The first kappa shape index (κ1) is 15.4. The van der Waals surface area contributed by atoms with Crippen LogP contribution in [0.15, 0.2) is 28.7 Å². The van der Waals surface area contributed by atoms with E-state index < -0.39 is 0 Å². The minimum atomic E-state index is 0.507. The normalized spacial score (nSPS) is 22.2. The van der Waals surface area contributed by atoms with Gasteiger partial charge in [0.05, 0.1) is 13.2 Å². The molecule has 128 valence electrons. The predicted molar refractivity (Wildman–Crippen MR) is 88.7 cm³/mol. The van der Waals surface area contributed by atoms with Gasteiger partial charge in [-0.05, 0) is 12.1 Å². The maximum atomic E-state index is 5.68. The Bertz CT molecular complexity index is 676. The smallest absolute Gasteiger partial charge is 0.365 e. The highest BCUT2D eigenvalue weighted by Gasteiger charge is 2.23. The molecule has 8 nitrogen and oxygen atoms in total. The Morgan fingerprint density at radius 3 is 2.79 bits per heavy atom. The highest BCUT2D eigenvalue weighted by Crippen LogP contribution is 2.17. The van der Waals surface area contributed by atoms with Crippen LogP contribution in [0.25, 0.3) is 11.1 Å². The number of quaternary nitrogens is 2. The number of guanidine groups is 1. The van der Waals surface area contributed by atoms with E-state index in [-0.39, 0.29) is 0 Å². The molecule has 1 aromatic heterocycles. The molecule has 1 aromatic carbocycles. The van der Waals surface area contributed by atoms with Crippen molar-refractivity contribution in [3.05, 3.63) is 24.3 Å². The van der Waals surface area contributed by atoms with Gasteiger partial charge in [0.2, 0.25) is 0 Å². The minimum Gasteiger partial charge on any atom is -0.412 e. The van der Waals surface area contributed by atoms with Gasteiger partial charge in [0.15, 0.2) is 18.9 Å². The molecule has 1 atom stereocenters. The van der Waals surface area contributed by atoms with E-state index in [1.54, 1.807) is 4.90 Å². The molecule has 2 aliphatic rings. The third kappa shape index (κ3) is 3.66.